The number of nitrogens with zero attached hydrogens (tertiary/aromatic N) is 2. The van der Waals surface area contributed by atoms with Crippen LogP contribution in [0.3, 0.4) is 0 Å². The molecule has 2 rings (SSSR count). The van der Waals surface area contributed by atoms with E-state index in [2.05, 4.69) is 18.7 Å². The summed E-state index contributed by atoms with van der Waals surface area (Å²) in [6.45, 7) is 6.42. The predicted molar refractivity (Wildman–Crippen MR) is 89.9 cm³/mol. The van der Waals surface area contributed by atoms with E-state index in [1.807, 2.05) is 0 Å². The first-order valence-corrected chi connectivity index (χ1v) is 7.80. The van der Waals surface area contributed by atoms with Crippen molar-refractivity contribution < 1.29 is 9.66 Å². The van der Waals surface area contributed by atoms with Crippen molar-refractivity contribution in [3.63, 3.8) is 0 Å². The zero-order valence-corrected chi connectivity index (χ0v) is 14.1. The first-order chi connectivity index (χ1) is 10.2. The Hall–Kier alpha value is -1.33. The minimum absolute atomic E-state index is 0. The van der Waals surface area contributed by atoms with Crippen molar-refractivity contribution in [1.82, 2.24) is 4.90 Å². The van der Waals surface area contributed by atoms with Gasteiger partial charge in [0.05, 0.1) is 4.92 Å². The number of hydrogen-bond donors (Lipinski definition) is 0. The van der Waals surface area contributed by atoms with Crippen LogP contribution >= 0.6 is 12.4 Å². The second kappa shape index (κ2) is 8.96. The smallest absolute Gasteiger partial charge is 0.269 e. The Morgan fingerprint density at radius 2 is 1.77 bits per heavy atom. The van der Waals surface area contributed by atoms with Crippen molar-refractivity contribution >= 4 is 18.1 Å². The number of rotatable bonds is 6. The second-order valence-electron chi connectivity index (χ2n) is 5.48. The summed E-state index contributed by atoms with van der Waals surface area (Å²) in [6, 6.07) is 6.86. The lowest BCUT2D eigenvalue weighted by Gasteiger charge is -2.39. The Bertz CT molecular complexity index is 463. The topological polar surface area (TPSA) is 55.6 Å². The van der Waals surface area contributed by atoms with Crippen LogP contribution in [0.2, 0.25) is 0 Å². The molecule has 1 saturated carbocycles. The molecule has 22 heavy (non-hydrogen) atoms. The number of halogens is 1. The van der Waals surface area contributed by atoms with Crippen LogP contribution in [-0.2, 0) is 0 Å². The highest BCUT2D eigenvalue weighted by Gasteiger charge is 2.30. The van der Waals surface area contributed by atoms with E-state index >= 15 is 0 Å². The maximum atomic E-state index is 10.7. The maximum Gasteiger partial charge on any atom is 0.269 e. The van der Waals surface area contributed by atoms with Gasteiger partial charge in [-0.15, -0.1) is 12.4 Å². The molecular formula is C16H25ClN2O3. The van der Waals surface area contributed by atoms with Gasteiger partial charge in [0.15, 0.2) is 0 Å². The Morgan fingerprint density at radius 3 is 2.32 bits per heavy atom. The molecule has 0 aliphatic heterocycles. The van der Waals surface area contributed by atoms with E-state index in [9.17, 15) is 10.1 Å². The normalized spacial score (nSPS) is 21.2. The van der Waals surface area contributed by atoms with Crippen molar-refractivity contribution in [2.24, 2.45) is 0 Å². The van der Waals surface area contributed by atoms with Crippen molar-refractivity contribution in [3.8, 4) is 5.75 Å². The molecule has 0 saturated heterocycles. The maximum absolute atomic E-state index is 10.7. The van der Waals surface area contributed by atoms with E-state index in [-0.39, 0.29) is 29.1 Å². The van der Waals surface area contributed by atoms with Crippen LogP contribution in [0.15, 0.2) is 24.3 Å². The monoisotopic (exact) mass is 328 g/mol. The summed E-state index contributed by atoms with van der Waals surface area (Å²) in [5.74, 6) is 0.727. The zero-order valence-electron chi connectivity index (χ0n) is 13.2. The molecule has 1 aromatic rings. The summed E-state index contributed by atoms with van der Waals surface area (Å²) in [5, 5.41) is 10.7. The van der Waals surface area contributed by atoms with Gasteiger partial charge in [-0.25, -0.2) is 0 Å². The lowest BCUT2D eigenvalue weighted by molar-refractivity contribution is -0.384. The third-order valence-corrected chi connectivity index (χ3v) is 4.28. The van der Waals surface area contributed by atoms with Crippen LogP contribution in [0.5, 0.6) is 5.75 Å². The largest absolute Gasteiger partial charge is 0.489 e. The second-order valence-corrected chi connectivity index (χ2v) is 5.48. The molecule has 1 aliphatic carbocycles. The highest BCUT2D eigenvalue weighted by Crippen LogP contribution is 2.28. The van der Waals surface area contributed by atoms with Gasteiger partial charge in [-0.05, 0) is 44.5 Å². The molecule has 0 aromatic heterocycles. The lowest BCUT2D eigenvalue weighted by atomic mass is 9.91. The predicted octanol–water partition coefficient (Wildman–Crippen LogP) is 4.05. The average Bonchev–Trinajstić information content (AvgIpc) is 2.50. The first kappa shape index (κ1) is 18.7. The fourth-order valence-corrected chi connectivity index (χ4v) is 3.15. The molecule has 0 spiro atoms. The number of nitro benzene ring substituents is 1. The van der Waals surface area contributed by atoms with Crippen molar-refractivity contribution in [2.45, 2.75) is 51.7 Å². The summed E-state index contributed by atoms with van der Waals surface area (Å²) in [5.41, 5.74) is 0.103. The van der Waals surface area contributed by atoms with Gasteiger partial charge in [-0.3, -0.25) is 15.0 Å². The van der Waals surface area contributed by atoms with Crippen LogP contribution in [0.1, 0.15) is 39.5 Å². The molecule has 0 unspecified atom stereocenters. The van der Waals surface area contributed by atoms with E-state index < -0.39 is 0 Å². The summed E-state index contributed by atoms with van der Waals surface area (Å²) in [6.07, 6.45) is 4.84. The number of ether oxygens (including phenoxy) is 1. The van der Waals surface area contributed by atoms with Crippen LogP contribution in [0.25, 0.3) is 0 Å². The van der Waals surface area contributed by atoms with Gasteiger partial charge in [-0.1, -0.05) is 20.3 Å². The highest BCUT2D eigenvalue weighted by molar-refractivity contribution is 5.85. The molecule has 0 bridgehead atoms. The van der Waals surface area contributed by atoms with E-state index in [1.54, 1.807) is 12.1 Å². The molecule has 0 amide bonds. The average molecular weight is 329 g/mol. The zero-order chi connectivity index (χ0) is 15.2. The molecule has 1 aromatic carbocycles. The molecule has 0 radical (unpaired) electrons. The standard InChI is InChI=1S/C16H24N2O3.ClH/c1-3-17(4-2)15-7-5-6-8-16(15)21-14-11-9-13(10-12-14)18(19)20;/h9-12,15-16H,3-8H2,1-2H3;1H/t15-,16-;/m0./s1. The number of non-ortho nitro benzene ring substituents is 1. The molecule has 124 valence electrons. The van der Waals surface area contributed by atoms with Gasteiger partial charge in [0.2, 0.25) is 0 Å². The Labute approximate surface area is 138 Å². The van der Waals surface area contributed by atoms with Crippen LogP contribution in [-0.4, -0.2) is 35.1 Å². The van der Waals surface area contributed by atoms with E-state index in [1.165, 1.54) is 31.4 Å². The molecule has 0 N–H and O–H groups in total. The van der Waals surface area contributed by atoms with Gasteiger partial charge in [-0.2, -0.15) is 0 Å². The number of nitro groups is 1. The minimum atomic E-state index is -0.386. The Balaban J connectivity index is 0.00000242. The summed E-state index contributed by atoms with van der Waals surface area (Å²) in [4.78, 5) is 12.7. The van der Waals surface area contributed by atoms with Crippen molar-refractivity contribution in [3.05, 3.63) is 34.4 Å². The quantitative estimate of drug-likeness (QED) is 0.584. The highest BCUT2D eigenvalue weighted by atomic mass is 35.5. The van der Waals surface area contributed by atoms with Crippen molar-refractivity contribution in [1.29, 1.82) is 0 Å². The Morgan fingerprint density at radius 1 is 1.18 bits per heavy atom. The lowest BCUT2D eigenvalue weighted by Crippen LogP contribution is -2.47. The summed E-state index contributed by atoms with van der Waals surface area (Å²) in [7, 11) is 0. The molecule has 1 fully saturated rings. The van der Waals surface area contributed by atoms with Gasteiger partial charge in [0.1, 0.15) is 11.9 Å². The number of hydrogen-bond acceptors (Lipinski definition) is 4. The third-order valence-electron chi connectivity index (χ3n) is 4.28. The SMILES string of the molecule is CCN(CC)[C@H]1CCCC[C@@H]1Oc1ccc([N+](=O)[O-])cc1.Cl. The number of likely N-dealkylation sites (N-methyl/N-ethyl adjacent to an activating group) is 1. The fourth-order valence-electron chi connectivity index (χ4n) is 3.15. The molecule has 5 nitrogen and oxygen atoms in total. The van der Waals surface area contributed by atoms with E-state index in [0.29, 0.717) is 6.04 Å². The summed E-state index contributed by atoms with van der Waals surface area (Å²) < 4.78 is 6.12. The summed E-state index contributed by atoms with van der Waals surface area (Å²) >= 11 is 0. The van der Waals surface area contributed by atoms with E-state index in [4.69, 9.17) is 4.74 Å². The van der Waals surface area contributed by atoms with Crippen LogP contribution < -0.4 is 4.74 Å². The van der Waals surface area contributed by atoms with Crippen LogP contribution in [0.4, 0.5) is 5.69 Å². The van der Waals surface area contributed by atoms with Gasteiger partial charge in [0, 0.05) is 18.2 Å². The fraction of sp³-hybridized carbons (Fsp3) is 0.625. The third kappa shape index (κ3) is 4.58. The number of benzene rings is 1. The van der Waals surface area contributed by atoms with Crippen LogP contribution in [0, 0.1) is 10.1 Å². The first-order valence-electron chi connectivity index (χ1n) is 7.80. The van der Waals surface area contributed by atoms with Gasteiger partial charge < -0.3 is 4.74 Å². The van der Waals surface area contributed by atoms with Gasteiger partial charge in [0.25, 0.3) is 5.69 Å². The minimum Gasteiger partial charge on any atom is -0.489 e. The molecule has 2 atom stereocenters. The molecular weight excluding hydrogens is 304 g/mol. The molecule has 6 heteroatoms. The molecule has 0 heterocycles. The van der Waals surface area contributed by atoms with E-state index in [0.717, 1.165) is 25.3 Å². The Kier molecular flexibility index (Phi) is 7.62. The molecule has 1 aliphatic rings. The van der Waals surface area contributed by atoms with Crippen molar-refractivity contribution in [2.75, 3.05) is 13.1 Å². The van der Waals surface area contributed by atoms with Gasteiger partial charge >= 0.3 is 0 Å².